The number of aliphatic imine (C=N–C) groups is 1. The number of aliphatic hydroxyl groups excluding tert-OH is 1. The highest BCUT2D eigenvalue weighted by Crippen LogP contribution is 2.33. The van der Waals surface area contributed by atoms with Crippen LogP contribution in [0, 0.1) is 6.92 Å². The lowest BCUT2D eigenvalue weighted by molar-refractivity contribution is -0.135. The quantitative estimate of drug-likeness (QED) is 0.733. The van der Waals surface area contributed by atoms with Crippen molar-refractivity contribution < 1.29 is 9.90 Å². The average Bonchev–Trinajstić information content (AvgIpc) is 3.16. The fourth-order valence-corrected chi connectivity index (χ4v) is 4.41. The first kappa shape index (κ1) is 18.6. The smallest absolute Gasteiger partial charge is 0.227 e. The Kier molecular flexibility index (Phi) is 4.64. The number of nitrogens with zero attached hydrogens (tertiary/aromatic N) is 4. The molecule has 0 unspecified atom stereocenters. The van der Waals surface area contributed by atoms with Gasteiger partial charge in [0.05, 0.1) is 43.7 Å². The molecule has 0 saturated heterocycles. The summed E-state index contributed by atoms with van der Waals surface area (Å²) in [5, 5.41) is 17.9. The number of amides is 1. The van der Waals surface area contributed by atoms with Crippen molar-refractivity contribution in [2.45, 2.75) is 32.5 Å². The Morgan fingerprint density at radius 2 is 2.00 bits per heavy atom. The van der Waals surface area contributed by atoms with E-state index >= 15 is 0 Å². The molecule has 1 aromatic heterocycles. The minimum Gasteiger partial charge on any atom is -0.394 e. The topological polar surface area (TPSA) is 78.7 Å². The highest BCUT2D eigenvalue weighted by atomic mass is 16.3. The molecule has 2 aliphatic rings. The molecule has 5 rings (SSSR count). The van der Waals surface area contributed by atoms with Gasteiger partial charge in [-0.3, -0.25) is 9.79 Å². The summed E-state index contributed by atoms with van der Waals surface area (Å²) in [6.07, 6.45) is 3.74. The van der Waals surface area contributed by atoms with Gasteiger partial charge in [0.25, 0.3) is 0 Å². The second kappa shape index (κ2) is 7.46. The van der Waals surface area contributed by atoms with Gasteiger partial charge < -0.3 is 10.0 Å². The highest BCUT2D eigenvalue weighted by molar-refractivity contribution is 6.15. The van der Waals surface area contributed by atoms with Gasteiger partial charge in [-0.2, -0.15) is 10.2 Å². The summed E-state index contributed by atoms with van der Waals surface area (Å²) >= 11 is 0. The zero-order chi connectivity index (χ0) is 20.7. The third-order valence-electron chi connectivity index (χ3n) is 5.92. The number of carbonyl (C=O) groups excluding carboxylic acids is 1. The van der Waals surface area contributed by atoms with Crippen LogP contribution in [0.4, 0.5) is 0 Å². The Labute approximate surface area is 174 Å². The van der Waals surface area contributed by atoms with Crippen molar-refractivity contribution in [2.24, 2.45) is 4.99 Å². The lowest BCUT2D eigenvalue weighted by atomic mass is 9.90. The number of benzene rings is 2. The van der Waals surface area contributed by atoms with E-state index in [1.54, 1.807) is 17.3 Å². The van der Waals surface area contributed by atoms with Crippen LogP contribution < -0.4 is 0 Å². The molecule has 150 valence electrons. The van der Waals surface area contributed by atoms with E-state index < -0.39 is 0 Å². The zero-order valence-corrected chi connectivity index (χ0v) is 16.7. The molecule has 0 spiro atoms. The van der Waals surface area contributed by atoms with Gasteiger partial charge in [0.1, 0.15) is 0 Å². The van der Waals surface area contributed by atoms with Gasteiger partial charge in [-0.1, -0.05) is 35.9 Å². The van der Waals surface area contributed by atoms with Crippen molar-refractivity contribution in [1.29, 1.82) is 0 Å². The summed E-state index contributed by atoms with van der Waals surface area (Å²) < 4.78 is 0. The van der Waals surface area contributed by atoms with Gasteiger partial charge >= 0.3 is 0 Å². The zero-order valence-electron chi connectivity index (χ0n) is 16.7. The Morgan fingerprint density at radius 3 is 2.77 bits per heavy atom. The molecule has 30 heavy (non-hydrogen) atoms. The predicted molar refractivity (Wildman–Crippen MR) is 113 cm³/mol. The summed E-state index contributed by atoms with van der Waals surface area (Å²) in [5.74, 6) is 0.0421. The minimum absolute atomic E-state index is 0.0421. The molecule has 6 nitrogen and oxygen atoms in total. The number of aryl methyl sites for hydroxylation is 1. The van der Waals surface area contributed by atoms with Gasteiger partial charge in [-0.15, -0.1) is 0 Å². The average molecular weight is 398 g/mol. The van der Waals surface area contributed by atoms with Gasteiger partial charge in [0.2, 0.25) is 5.91 Å². The Hall–Kier alpha value is -3.38. The van der Waals surface area contributed by atoms with Crippen molar-refractivity contribution in [2.75, 3.05) is 6.61 Å². The fraction of sp³-hybridized carbons (Fsp3) is 0.250. The maximum atomic E-state index is 13.0. The molecule has 0 aliphatic carbocycles. The van der Waals surface area contributed by atoms with Crippen LogP contribution in [0.3, 0.4) is 0 Å². The van der Waals surface area contributed by atoms with Crippen LogP contribution in [0.1, 0.15) is 45.0 Å². The van der Waals surface area contributed by atoms with Crippen molar-refractivity contribution in [1.82, 2.24) is 15.1 Å². The summed E-state index contributed by atoms with van der Waals surface area (Å²) in [5.41, 5.74) is 8.33. The Balaban J connectivity index is 1.50. The van der Waals surface area contributed by atoms with Crippen molar-refractivity contribution in [3.8, 4) is 0 Å². The molecule has 2 aliphatic heterocycles. The summed E-state index contributed by atoms with van der Waals surface area (Å²) in [6, 6.07) is 13.8. The molecule has 0 bridgehead atoms. The van der Waals surface area contributed by atoms with Crippen molar-refractivity contribution >= 4 is 11.6 Å². The van der Waals surface area contributed by atoms with Crippen molar-refractivity contribution in [3.63, 3.8) is 0 Å². The molecule has 0 saturated carbocycles. The first-order chi connectivity index (χ1) is 14.6. The van der Waals surface area contributed by atoms with E-state index in [1.807, 2.05) is 37.3 Å². The Morgan fingerprint density at radius 1 is 1.10 bits per heavy atom. The minimum atomic E-state index is -0.351. The van der Waals surface area contributed by atoms with E-state index in [1.165, 1.54) is 0 Å². The van der Waals surface area contributed by atoms with E-state index in [0.29, 0.717) is 19.5 Å². The first-order valence-electron chi connectivity index (χ1n) is 10.1. The third-order valence-corrected chi connectivity index (χ3v) is 5.92. The predicted octanol–water partition coefficient (Wildman–Crippen LogP) is 2.75. The molecule has 1 N–H and O–H groups in total. The van der Waals surface area contributed by atoms with Crippen LogP contribution in [0.5, 0.6) is 0 Å². The highest BCUT2D eigenvalue weighted by Gasteiger charge is 2.31. The monoisotopic (exact) mass is 398 g/mol. The maximum Gasteiger partial charge on any atom is 0.227 e. The Bertz CT molecular complexity index is 1160. The molecule has 2 aromatic carbocycles. The number of aliphatic hydroxyl groups is 1. The molecule has 6 heteroatoms. The number of hydrogen-bond acceptors (Lipinski definition) is 5. The number of hydrogen-bond donors (Lipinski definition) is 1. The van der Waals surface area contributed by atoms with Gasteiger partial charge in [0.15, 0.2) is 0 Å². The van der Waals surface area contributed by atoms with Crippen molar-refractivity contribution in [3.05, 3.63) is 93.8 Å². The molecule has 3 aromatic rings. The summed E-state index contributed by atoms with van der Waals surface area (Å²) in [4.78, 5) is 19.5. The summed E-state index contributed by atoms with van der Waals surface area (Å²) in [6.45, 7) is 3.00. The number of carbonyl (C=O) groups is 1. The molecular formula is C24H22N4O2. The van der Waals surface area contributed by atoms with Gasteiger partial charge in [-0.25, -0.2) is 0 Å². The van der Waals surface area contributed by atoms with E-state index in [2.05, 4.69) is 22.3 Å². The molecule has 0 radical (unpaired) electrons. The molecular weight excluding hydrogens is 376 g/mol. The number of fused-ring (bicyclic) bond motifs is 2. The SMILES string of the molecule is Cc1cccc([C@@H](CO)N2Cc3cc4c(cc3CC2=O)CN=C4c2ccnnc2)c1. The van der Waals surface area contributed by atoms with Crippen LogP contribution in [0.25, 0.3) is 0 Å². The molecule has 0 fully saturated rings. The second-order valence-corrected chi connectivity index (χ2v) is 7.88. The standard InChI is InChI=1S/C24H22N4O2/c1-15-3-2-4-16(7-15)22(14-29)28-13-20-9-21-19(8-18(20)10-23(28)30)11-25-24(21)17-5-6-26-27-12-17/h2-9,12,22,29H,10-11,13-14H2,1H3/t22-/m1/s1. The molecule has 3 heterocycles. The van der Waals surface area contributed by atoms with Crippen LogP contribution in [-0.4, -0.2) is 38.4 Å². The lowest BCUT2D eigenvalue weighted by Crippen LogP contribution is -2.40. The third kappa shape index (κ3) is 3.19. The van der Waals surface area contributed by atoms with E-state index in [0.717, 1.165) is 44.7 Å². The fourth-order valence-electron chi connectivity index (χ4n) is 4.41. The lowest BCUT2D eigenvalue weighted by Gasteiger charge is -2.35. The van der Waals surface area contributed by atoms with Crippen LogP contribution in [0.15, 0.2) is 59.9 Å². The van der Waals surface area contributed by atoms with E-state index in [9.17, 15) is 9.90 Å². The largest absolute Gasteiger partial charge is 0.394 e. The van der Waals surface area contributed by atoms with Crippen LogP contribution in [-0.2, 0) is 24.3 Å². The second-order valence-electron chi connectivity index (χ2n) is 7.88. The van der Waals surface area contributed by atoms with Crippen LogP contribution in [0.2, 0.25) is 0 Å². The normalized spacial score (nSPS) is 16.1. The number of aromatic nitrogens is 2. The van der Waals surface area contributed by atoms with E-state index in [-0.39, 0.29) is 18.6 Å². The maximum absolute atomic E-state index is 13.0. The van der Waals surface area contributed by atoms with E-state index in [4.69, 9.17) is 4.99 Å². The first-order valence-corrected chi connectivity index (χ1v) is 10.1. The summed E-state index contributed by atoms with van der Waals surface area (Å²) in [7, 11) is 0. The van der Waals surface area contributed by atoms with Crippen LogP contribution >= 0.6 is 0 Å². The molecule has 1 amide bonds. The van der Waals surface area contributed by atoms with Gasteiger partial charge in [0, 0.05) is 17.7 Å². The number of rotatable bonds is 4. The molecule has 1 atom stereocenters. The van der Waals surface area contributed by atoms with Gasteiger partial charge in [-0.05, 0) is 41.3 Å².